The van der Waals surface area contributed by atoms with Crippen LogP contribution in [0.25, 0.3) is 0 Å². The highest BCUT2D eigenvalue weighted by Gasteiger charge is 2.04. The molecular formula is C17H21NS. The van der Waals surface area contributed by atoms with Crippen LogP contribution in [-0.4, -0.2) is 0 Å². The van der Waals surface area contributed by atoms with E-state index >= 15 is 0 Å². The molecule has 0 aromatic heterocycles. The maximum atomic E-state index is 6.03. The fraction of sp³-hybridized carbons (Fsp3) is 0.294. The summed E-state index contributed by atoms with van der Waals surface area (Å²) in [6.45, 7) is 6.41. The van der Waals surface area contributed by atoms with E-state index in [4.69, 9.17) is 5.73 Å². The highest BCUT2D eigenvalue weighted by atomic mass is 32.2. The number of aryl methyl sites for hydroxylation is 2. The van der Waals surface area contributed by atoms with Crippen molar-refractivity contribution in [3.05, 3.63) is 59.2 Å². The van der Waals surface area contributed by atoms with Gasteiger partial charge in [-0.05, 0) is 61.2 Å². The van der Waals surface area contributed by atoms with Crippen molar-refractivity contribution in [2.45, 2.75) is 43.0 Å². The molecule has 0 aliphatic carbocycles. The molecule has 0 saturated carbocycles. The summed E-state index contributed by atoms with van der Waals surface area (Å²) < 4.78 is 0. The van der Waals surface area contributed by atoms with E-state index in [-0.39, 0.29) is 6.04 Å². The lowest BCUT2D eigenvalue weighted by Gasteiger charge is -2.10. The minimum atomic E-state index is 0.153. The Morgan fingerprint density at radius 2 is 1.58 bits per heavy atom. The van der Waals surface area contributed by atoms with Crippen LogP contribution in [0.2, 0.25) is 0 Å². The lowest BCUT2D eigenvalue weighted by molar-refractivity contribution is 0.698. The highest BCUT2D eigenvalue weighted by Crippen LogP contribution is 2.29. The van der Waals surface area contributed by atoms with Crippen LogP contribution in [-0.2, 0) is 0 Å². The molecule has 0 aliphatic rings. The molecule has 0 unspecified atom stereocenters. The zero-order valence-corrected chi connectivity index (χ0v) is 12.6. The monoisotopic (exact) mass is 271 g/mol. The topological polar surface area (TPSA) is 26.0 Å². The Hall–Kier alpha value is -1.25. The lowest BCUT2D eigenvalue weighted by Crippen LogP contribution is -2.07. The van der Waals surface area contributed by atoms with Crippen molar-refractivity contribution < 1.29 is 0 Å². The van der Waals surface area contributed by atoms with E-state index in [0.717, 1.165) is 6.42 Å². The Balaban J connectivity index is 2.12. The number of benzene rings is 2. The SMILES string of the molecule is CC[C@@H](N)c1ccc(Sc2ccc(C)c(C)c2)cc1. The predicted octanol–water partition coefficient (Wildman–Crippen LogP) is 4.86. The van der Waals surface area contributed by atoms with Crippen molar-refractivity contribution in [1.29, 1.82) is 0 Å². The minimum Gasteiger partial charge on any atom is -0.324 e. The predicted molar refractivity (Wildman–Crippen MR) is 83.7 cm³/mol. The van der Waals surface area contributed by atoms with Gasteiger partial charge in [-0.3, -0.25) is 0 Å². The third kappa shape index (κ3) is 3.62. The molecule has 0 spiro atoms. The van der Waals surface area contributed by atoms with E-state index in [2.05, 4.69) is 63.2 Å². The second-order valence-corrected chi connectivity index (χ2v) is 6.08. The van der Waals surface area contributed by atoms with Crippen LogP contribution in [0.1, 0.15) is 36.1 Å². The van der Waals surface area contributed by atoms with Crippen LogP contribution in [0, 0.1) is 13.8 Å². The Bertz CT molecular complexity index is 546. The molecule has 0 radical (unpaired) electrons. The summed E-state index contributed by atoms with van der Waals surface area (Å²) in [5, 5.41) is 0. The molecule has 2 N–H and O–H groups in total. The van der Waals surface area contributed by atoms with E-state index < -0.39 is 0 Å². The second kappa shape index (κ2) is 6.27. The van der Waals surface area contributed by atoms with Gasteiger partial charge in [0.15, 0.2) is 0 Å². The van der Waals surface area contributed by atoms with Crippen molar-refractivity contribution in [3.63, 3.8) is 0 Å². The van der Waals surface area contributed by atoms with Gasteiger partial charge in [-0.1, -0.05) is 36.9 Å². The van der Waals surface area contributed by atoms with Crippen LogP contribution in [0.5, 0.6) is 0 Å². The summed E-state index contributed by atoms with van der Waals surface area (Å²) in [4.78, 5) is 2.55. The maximum Gasteiger partial charge on any atom is 0.0292 e. The van der Waals surface area contributed by atoms with Gasteiger partial charge >= 0.3 is 0 Å². The second-order valence-electron chi connectivity index (χ2n) is 4.93. The molecule has 0 heterocycles. The number of rotatable bonds is 4. The first-order valence-electron chi connectivity index (χ1n) is 6.71. The zero-order valence-electron chi connectivity index (χ0n) is 11.8. The van der Waals surface area contributed by atoms with Crippen LogP contribution in [0.3, 0.4) is 0 Å². The Morgan fingerprint density at radius 3 is 2.16 bits per heavy atom. The van der Waals surface area contributed by atoms with Gasteiger partial charge in [0.25, 0.3) is 0 Å². The van der Waals surface area contributed by atoms with Crippen molar-refractivity contribution in [1.82, 2.24) is 0 Å². The lowest BCUT2D eigenvalue weighted by atomic mass is 10.1. The number of hydrogen-bond acceptors (Lipinski definition) is 2. The van der Waals surface area contributed by atoms with Crippen LogP contribution >= 0.6 is 11.8 Å². The third-order valence-electron chi connectivity index (χ3n) is 3.46. The Kier molecular flexibility index (Phi) is 4.67. The van der Waals surface area contributed by atoms with E-state index in [1.165, 1.54) is 26.5 Å². The molecule has 0 fully saturated rings. The average molecular weight is 271 g/mol. The molecule has 100 valence electrons. The first-order chi connectivity index (χ1) is 9.10. The molecule has 19 heavy (non-hydrogen) atoms. The molecule has 1 atom stereocenters. The van der Waals surface area contributed by atoms with Crippen LogP contribution in [0.15, 0.2) is 52.3 Å². The van der Waals surface area contributed by atoms with Gasteiger partial charge < -0.3 is 5.73 Å². The number of nitrogens with two attached hydrogens (primary N) is 1. The molecular weight excluding hydrogens is 250 g/mol. The first kappa shape index (κ1) is 14.2. The van der Waals surface area contributed by atoms with Gasteiger partial charge in [-0.15, -0.1) is 0 Å². The van der Waals surface area contributed by atoms with Crippen LogP contribution < -0.4 is 5.73 Å². The summed E-state index contributed by atoms with van der Waals surface area (Å²) in [6.07, 6.45) is 0.976. The van der Waals surface area contributed by atoms with E-state index in [0.29, 0.717) is 0 Å². The third-order valence-corrected chi connectivity index (χ3v) is 4.46. The number of hydrogen-bond donors (Lipinski definition) is 1. The van der Waals surface area contributed by atoms with Crippen LogP contribution in [0.4, 0.5) is 0 Å². The van der Waals surface area contributed by atoms with Gasteiger partial charge in [0.05, 0.1) is 0 Å². The average Bonchev–Trinajstić information content (AvgIpc) is 2.43. The molecule has 2 aromatic rings. The molecule has 1 nitrogen and oxygen atoms in total. The summed E-state index contributed by atoms with van der Waals surface area (Å²) in [5.41, 5.74) is 9.92. The van der Waals surface area contributed by atoms with Crippen molar-refractivity contribution in [3.8, 4) is 0 Å². The van der Waals surface area contributed by atoms with Gasteiger partial charge in [-0.2, -0.15) is 0 Å². The molecule has 0 amide bonds. The highest BCUT2D eigenvalue weighted by molar-refractivity contribution is 7.99. The fourth-order valence-electron chi connectivity index (χ4n) is 1.93. The van der Waals surface area contributed by atoms with Crippen molar-refractivity contribution in [2.75, 3.05) is 0 Å². The maximum absolute atomic E-state index is 6.03. The molecule has 2 aromatic carbocycles. The van der Waals surface area contributed by atoms with E-state index in [9.17, 15) is 0 Å². The standard InChI is InChI=1S/C17H21NS/c1-4-17(18)14-6-9-15(10-7-14)19-16-8-5-12(2)13(3)11-16/h5-11,17H,4,18H2,1-3H3/t17-/m1/s1. The quantitative estimate of drug-likeness (QED) is 0.859. The van der Waals surface area contributed by atoms with Crippen molar-refractivity contribution in [2.24, 2.45) is 5.73 Å². The zero-order chi connectivity index (χ0) is 13.8. The van der Waals surface area contributed by atoms with E-state index in [1.807, 2.05) is 0 Å². The normalized spacial score (nSPS) is 12.4. The smallest absolute Gasteiger partial charge is 0.0292 e. The summed E-state index contributed by atoms with van der Waals surface area (Å²) >= 11 is 1.80. The fourth-order valence-corrected chi connectivity index (χ4v) is 2.85. The Labute approximate surface area is 120 Å². The first-order valence-corrected chi connectivity index (χ1v) is 7.52. The summed E-state index contributed by atoms with van der Waals surface area (Å²) in [5.74, 6) is 0. The molecule has 0 saturated heterocycles. The minimum absolute atomic E-state index is 0.153. The summed E-state index contributed by atoms with van der Waals surface area (Å²) in [6, 6.07) is 15.3. The molecule has 2 heteroatoms. The van der Waals surface area contributed by atoms with Gasteiger partial charge in [0, 0.05) is 15.8 Å². The van der Waals surface area contributed by atoms with Crippen molar-refractivity contribution >= 4 is 11.8 Å². The molecule has 0 aliphatic heterocycles. The van der Waals surface area contributed by atoms with E-state index in [1.54, 1.807) is 11.8 Å². The van der Waals surface area contributed by atoms with Gasteiger partial charge in [0.2, 0.25) is 0 Å². The Morgan fingerprint density at radius 1 is 0.947 bits per heavy atom. The molecule has 2 rings (SSSR count). The van der Waals surface area contributed by atoms with Gasteiger partial charge in [0.1, 0.15) is 0 Å². The van der Waals surface area contributed by atoms with Gasteiger partial charge in [-0.25, -0.2) is 0 Å². The largest absolute Gasteiger partial charge is 0.324 e. The summed E-state index contributed by atoms with van der Waals surface area (Å²) in [7, 11) is 0. The molecule has 0 bridgehead atoms.